The molecule has 4 fully saturated rings. The number of rotatable bonds is 6. The van der Waals surface area contributed by atoms with Crippen molar-refractivity contribution in [3.8, 4) is 11.8 Å². The van der Waals surface area contributed by atoms with E-state index in [0.29, 0.717) is 12.8 Å². The molecule has 47 heavy (non-hydrogen) atoms. The van der Waals surface area contributed by atoms with Gasteiger partial charge in [0, 0.05) is 44.3 Å². The summed E-state index contributed by atoms with van der Waals surface area (Å²) in [7, 11) is 3.17. The summed E-state index contributed by atoms with van der Waals surface area (Å²) in [5.74, 6) is 3.57. The van der Waals surface area contributed by atoms with Crippen LogP contribution in [0.1, 0.15) is 59.8 Å². The van der Waals surface area contributed by atoms with Gasteiger partial charge < -0.3 is 43.6 Å². The van der Waals surface area contributed by atoms with Gasteiger partial charge in [-0.05, 0) is 44.8 Å². The number of esters is 1. The Morgan fingerprint density at radius 2 is 1.94 bits per heavy atom. The minimum Gasteiger partial charge on any atom is -0.458 e. The van der Waals surface area contributed by atoms with E-state index in [1.165, 1.54) is 7.11 Å². The average Bonchev–Trinajstić information content (AvgIpc) is 3.61. The molecular formula is C35H48ClNO10. The Morgan fingerprint density at radius 3 is 2.64 bits per heavy atom. The van der Waals surface area contributed by atoms with Gasteiger partial charge >= 0.3 is 12.1 Å². The predicted molar refractivity (Wildman–Crippen MR) is 172 cm³/mol. The van der Waals surface area contributed by atoms with Crippen molar-refractivity contribution in [1.82, 2.24) is 5.32 Å². The topological polar surface area (TPSA) is 131 Å². The zero-order valence-corrected chi connectivity index (χ0v) is 28.7. The van der Waals surface area contributed by atoms with E-state index in [9.17, 15) is 14.7 Å². The van der Waals surface area contributed by atoms with Crippen LogP contribution in [0.25, 0.3) is 0 Å². The summed E-state index contributed by atoms with van der Waals surface area (Å²) in [6.45, 7) is 7.96. The molecule has 1 amide bonds. The summed E-state index contributed by atoms with van der Waals surface area (Å²) in [5, 5.41) is 14.8. The highest BCUT2D eigenvalue weighted by molar-refractivity contribution is 6.22. The van der Waals surface area contributed by atoms with Crippen molar-refractivity contribution in [3.63, 3.8) is 0 Å². The smallest absolute Gasteiger partial charge is 0.408 e. The highest BCUT2D eigenvalue weighted by Crippen LogP contribution is 2.43. The number of hydrogen-bond acceptors (Lipinski definition) is 10. The van der Waals surface area contributed by atoms with Crippen LogP contribution in [-0.4, -0.2) is 97.6 Å². The third-order valence-electron chi connectivity index (χ3n) is 9.84. The minimum absolute atomic E-state index is 0.0159. The van der Waals surface area contributed by atoms with Gasteiger partial charge in [-0.3, -0.25) is 4.79 Å². The number of halogens is 1. The Kier molecular flexibility index (Phi) is 11.4. The summed E-state index contributed by atoms with van der Waals surface area (Å²) in [5.41, 5.74) is -0.0159. The molecular weight excluding hydrogens is 630 g/mol. The van der Waals surface area contributed by atoms with Crippen molar-refractivity contribution in [2.45, 2.75) is 119 Å². The molecule has 2 bridgehead atoms. The number of aliphatic hydroxyl groups is 1. The molecule has 0 aromatic carbocycles. The normalized spacial score (nSPS) is 45.2. The maximum absolute atomic E-state index is 13.4. The monoisotopic (exact) mass is 677 g/mol. The molecule has 13 atom stereocenters. The van der Waals surface area contributed by atoms with E-state index in [4.69, 9.17) is 44.8 Å². The first-order valence-electron chi connectivity index (χ1n) is 16.4. The first-order valence-corrected chi connectivity index (χ1v) is 16.9. The molecule has 4 heterocycles. The number of amides is 1. The van der Waals surface area contributed by atoms with Crippen molar-refractivity contribution >= 4 is 23.7 Å². The van der Waals surface area contributed by atoms with Gasteiger partial charge in [0.25, 0.3) is 0 Å². The number of nitrogens with one attached hydrogen (secondary N) is 1. The summed E-state index contributed by atoms with van der Waals surface area (Å²) >= 11 is 6.01. The van der Waals surface area contributed by atoms with Crippen LogP contribution in [0.3, 0.4) is 0 Å². The van der Waals surface area contributed by atoms with Crippen molar-refractivity contribution < 1.29 is 47.9 Å². The average molecular weight is 678 g/mol. The van der Waals surface area contributed by atoms with Crippen molar-refractivity contribution in [2.75, 3.05) is 20.8 Å². The molecule has 1 saturated carbocycles. The molecule has 3 saturated heterocycles. The summed E-state index contributed by atoms with van der Waals surface area (Å²) in [6.07, 6.45) is 6.62. The number of methoxy groups -OCH3 is 2. The van der Waals surface area contributed by atoms with Gasteiger partial charge in [0.2, 0.25) is 0 Å². The van der Waals surface area contributed by atoms with E-state index < -0.39 is 66.6 Å². The van der Waals surface area contributed by atoms with Crippen LogP contribution in [0.15, 0.2) is 36.0 Å². The third kappa shape index (κ3) is 8.60. The molecule has 6 unspecified atom stereocenters. The molecule has 0 aromatic heterocycles. The van der Waals surface area contributed by atoms with Crippen LogP contribution >= 0.6 is 11.6 Å². The lowest BCUT2D eigenvalue weighted by Gasteiger charge is -2.49. The maximum atomic E-state index is 13.4. The van der Waals surface area contributed by atoms with E-state index in [2.05, 4.69) is 17.2 Å². The molecule has 0 radical (unpaired) electrons. The van der Waals surface area contributed by atoms with E-state index in [1.54, 1.807) is 38.3 Å². The van der Waals surface area contributed by atoms with Crippen LogP contribution < -0.4 is 5.32 Å². The zero-order valence-electron chi connectivity index (χ0n) is 28.0. The Labute approximate surface area is 282 Å². The number of fused-ring (bicyclic) bond motifs is 3. The van der Waals surface area contributed by atoms with Gasteiger partial charge in [-0.15, -0.1) is 11.6 Å². The Morgan fingerprint density at radius 1 is 1.17 bits per heavy atom. The molecule has 2 N–H and O–H groups in total. The fourth-order valence-electron chi connectivity index (χ4n) is 7.05. The number of allylic oxidation sites excluding steroid dienone is 3. The van der Waals surface area contributed by atoms with Gasteiger partial charge in [-0.2, -0.15) is 0 Å². The SMILES string of the molecule is CO[C@@H]1[C@@H](OC2C[C@]3(O)CC(=O)OC(/C=C/C=C/C#CC4CC4Cl)C/C(C)=C/[C@H](OC)C[C@H](C)C(O3)[C@H]2C)OCC2NC(=O)O[C@@]21C. The fourth-order valence-corrected chi connectivity index (χ4v) is 7.30. The lowest BCUT2D eigenvalue weighted by Crippen LogP contribution is -2.64. The Bertz CT molecular complexity index is 1310. The second-order valence-electron chi connectivity index (χ2n) is 13.7. The number of ether oxygens (including phenoxy) is 7. The van der Waals surface area contributed by atoms with Gasteiger partial charge in [0.05, 0.1) is 37.4 Å². The second kappa shape index (κ2) is 15.0. The van der Waals surface area contributed by atoms with Crippen LogP contribution in [0.4, 0.5) is 4.79 Å². The van der Waals surface area contributed by atoms with Crippen LogP contribution in [-0.2, 0) is 38.0 Å². The number of alkyl halides is 1. The second-order valence-corrected chi connectivity index (χ2v) is 14.3. The fraction of sp³-hybridized carbons (Fsp3) is 0.714. The summed E-state index contributed by atoms with van der Waals surface area (Å²) < 4.78 is 42.1. The summed E-state index contributed by atoms with van der Waals surface area (Å²) in [4.78, 5) is 25.5. The largest absolute Gasteiger partial charge is 0.458 e. The molecule has 260 valence electrons. The number of carbonyl (C=O) groups is 2. The molecule has 5 aliphatic rings. The number of carbonyl (C=O) groups excluding carboxylic acids is 2. The quantitative estimate of drug-likeness (QED) is 0.139. The molecule has 5 rings (SSSR count). The molecule has 4 aliphatic heterocycles. The number of hydrogen-bond donors (Lipinski definition) is 2. The lowest BCUT2D eigenvalue weighted by atomic mass is 9.80. The number of alkyl carbamates (subject to hydrolysis) is 1. The highest BCUT2D eigenvalue weighted by atomic mass is 35.5. The lowest BCUT2D eigenvalue weighted by molar-refractivity contribution is -0.339. The van der Waals surface area contributed by atoms with Gasteiger partial charge in [0.1, 0.15) is 12.2 Å². The first-order chi connectivity index (χ1) is 22.3. The maximum Gasteiger partial charge on any atom is 0.408 e. The van der Waals surface area contributed by atoms with Crippen LogP contribution in [0.5, 0.6) is 0 Å². The molecule has 11 nitrogen and oxygen atoms in total. The number of cyclic esters (lactones) is 1. The Hall–Kier alpha value is -2.43. The molecule has 0 aromatic rings. The standard InChI is InChI=1S/C35H48ClNO10/c1-20-13-24(12-10-8-7-9-11-23-16-26(23)36)44-29(38)18-35(40)17-27(22(3)30(46-35)21(2)15-25(14-20)41-5)45-32-31(42-6)34(4)28(19-43-32)37-33(39)47-34/h7-8,10,12,14,21-28,30-32,40H,13,15-19H2,1-6H3,(H,37,39)/b8-7+,12-10+,20-14+/t21-,22-,23?,24?,25-,26?,27?,28?,30?,31+,32+,34-,35+/m0/s1. The van der Waals surface area contributed by atoms with E-state index in [0.717, 1.165) is 12.0 Å². The van der Waals surface area contributed by atoms with Crippen molar-refractivity contribution in [1.29, 1.82) is 0 Å². The predicted octanol–water partition coefficient (Wildman–Crippen LogP) is 4.16. The summed E-state index contributed by atoms with van der Waals surface area (Å²) in [6, 6.07) is -0.407. The molecule has 1 aliphatic carbocycles. The van der Waals surface area contributed by atoms with E-state index >= 15 is 0 Å². The van der Waals surface area contributed by atoms with Crippen LogP contribution in [0.2, 0.25) is 0 Å². The molecule has 12 heteroatoms. The minimum atomic E-state index is -1.87. The zero-order chi connectivity index (χ0) is 33.9. The third-order valence-corrected chi connectivity index (χ3v) is 10.3. The van der Waals surface area contributed by atoms with Gasteiger partial charge in [0.15, 0.2) is 17.7 Å². The first kappa shape index (κ1) is 35.9. The van der Waals surface area contributed by atoms with Crippen molar-refractivity contribution in [2.24, 2.45) is 17.8 Å². The van der Waals surface area contributed by atoms with E-state index in [1.807, 2.05) is 26.8 Å². The van der Waals surface area contributed by atoms with Gasteiger partial charge in [-0.1, -0.05) is 49.5 Å². The molecule has 0 spiro atoms. The van der Waals surface area contributed by atoms with Gasteiger partial charge in [-0.25, -0.2) is 4.79 Å². The van der Waals surface area contributed by atoms with E-state index in [-0.39, 0.29) is 42.3 Å². The Balaban J connectivity index is 1.35. The highest BCUT2D eigenvalue weighted by Gasteiger charge is 2.59. The van der Waals surface area contributed by atoms with Crippen LogP contribution in [0, 0.1) is 29.6 Å². The van der Waals surface area contributed by atoms with Crippen molar-refractivity contribution in [3.05, 3.63) is 36.0 Å².